The minimum atomic E-state index is -0.611. The van der Waals surface area contributed by atoms with Crippen LogP contribution < -0.4 is 0 Å². The fraction of sp³-hybridized carbons (Fsp3) is 0.750. The molecule has 40 valence electrons. The Balaban J connectivity index is 2.43. The van der Waals surface area contributed by atoms with Crippen LogP contribution in [0.4, 0.5) is 0 Å². The molecule has 1 rings (SSSR count). The lowest BCUT2D eigenvalue weighted by Crippen LogP contribution is -2.51. The maximum atomic E-state index is 10.5. The summed E-state index contributed by atoms with van der Waals surface area (Å²) in [5.74, 6) is 0. The van der Waals surface area contributed by atoms with E-state index in [0.29, 0.717) is 19.5 Å². The Kier molecular flexibility index (Phi) is 0.867. The predicted octanol–water partition coefficient (Wildman–Crippen LogP) is -0.139. The van der Waals surface area contributed by atoms with E-state index in [1.807, 2.05) is 0 Å². The van der Waals surface area contributed by atoms with Gasteiger partial charge in [0.15, 0.2) is 0 Å². The van der Waals surface area contributed by atoms with Crippen molar-refractivity contribution in [3.05, 3.63) is 5.21 Å². The number of hydroxylamine groups is 3. The number of hydrogen-bond acceptors (Lipinski definition) is 2. The van der Waals surface area contributed by atoms with E-state index in [4.69, 9.17) is 0 Å². The Morgan fingerprint density at radius 3 is 2.14 bits per heavy atom. The number of nitrogens with zero attached hydrogens (tertiary/aromatic N) is 1. The fourth-order valence-corrected chi connectivity index (χ4v) is 0.575. The number of rotatable bonds is 1. The molecule has 0 unspecified atom stereocenters. The van der Waals surface area contributed by atoms with Gasteiger partial charge in [-0.15, -0.1) is 0 Å². The van der Waals surface area contributed by atoms with E-state index in [1.54, 1.807) is 0 Å². The Labute approximate surface area is 41.7 Å². The molecule has 1 amide bonds. The van der Waals surface area contributed by atoms with Crippen molar-refractivity contribution in [1.82, 2.24) is 0 Å². The summed E-state index contributed by atoms with van der Waals surface area (Å²) in [5, 5.41) is 10.5. The van der Waals surface area contributed by atoms with Crippen LogP contribution in [0.3, 0.4) is 0 Å². The Morgan fingerprint density at radius 1 is 1.57 bits per heavy atom. The molecule has 0 saturated carbocycles. The van der Waals surface area contributed by atoms with Crippen molar-refractivity contribution in [1.29, 1.82) is 0 Å². The van der Waals surface area contributed by atoms with Crippen LogP contribution in [0.1, 0.15) is 6.42 Å². The smallest absolute Gasteiger partial charge is 0.301 e. The highest BCUT2D eigenvalue weighted by Gasteiger charge is 2.24. The molecule has 1 saturated heterocycles. The normalized spacial score (nSPS) is 25.9. The molecule has 3 heteroatoms. The second-order valence-corrected chi connectivity index (χ2v) is 1.86. The van der Waals surface area contributed by atoms with E-state index in [-0.39, 0.29) is 0 Å². The predicted molar refractivity (Wildman–Crippen MR) is 24.0 cm³/mol. The molecule has 0 aliphatic carbocycles. The van der Waals surface area contributed by atoms with Crippen LogP contribution >= 0.6 is 0 Å². The molecule has 0 radical (unpaired) electrons. The summed E-state index contributed by atoms with van der Waals surface area (Å²) in [7, 11) is 0. The number of amides is 1. The molecule has 7 heavy (non-hydrogen) atoms. The topological polar surface area (TPSA) is 40.1 Å². The van der Waals surface area contributed by atoms with Crippen LogP contribution in [0.15, 0.2) is 0 Å². The van der Waals surface area contributed by atoms with Gasteiger partial charge in [0.1, 0.15) is 0 Å². The van der Waals surface area contributed by atoms with Crippen molar-refractivity contribution in [2.45, 2.75) is 6.42 Å². The van der Waals surface area contributed by atoms with Crippen LogP contribution in [0.5, 0.6) is 0 Å². The molecule has 3 nitrogen and oxygen atoms in total. The highest BCUT2D eigenvalue weighted by atomic mass is 16.6. The van der Waals surface area contributed by atoms with Crippen molar-refractivity contribution in [3.63, 3.8) is 0 Å². The third-order valence-corrected chi connectivity index (χ3v) is 1.27. The number of hydrogen-bond donors (Lipinski definition) is 0. The molecule has 1 heterocycles. The zero-order valence-electron chi connectivity index (χ0n) is 3.96. The van der Waals surface area contributed by atoms with E-state index in [0.717, 1.165) is 6.42 Å². The second kappa shape index (κ2) is 1.28. The van der Waals surface area contributed by atoms with Gasteiger partial charge in [-0.25, -0.2) is 4.79 Å². The zero-order chi connectivity index (χ0) is 5.33. The molecule has 0 atom stereocenters. The van der Waals surface area contributed by atoms with Crippen LogP contribution in [-0.2, 0) is 4.79 Å². The standard InChI is InChI=1S/C4H7NO2/c6-4-5(7)2-1-3-5/h4H,1-3H2. The summed E-state index contributed by atoms with van der Waals surface area (Å²) in [6.45, 7) is 0.979. The first-order valence-corrected chi connectivity index (χ1v) is 2.31. The van der Waals surface area contributed by atoms with E-state index < -0.39 is 4.65 Å². The lowest BCUT2D eigenvalue weighted by molar-refractivity contribution is -0.836. The summed E-state index contributed by atoms with van der Waals surface area (Å²) in [6, 6.07) is 0. The molecular weight excluding hydrogens is 94.0 g/mol. The summed E-state index contributed by atoms with van der Waals surface area (Å²) >= 11 is 0. The molecule has 0 aromatic heterocycles. The van der Waals surface area contributed by atoms with Gasteiger partial charge < -0.3 is 9.85 Å². The third kappa shape index (κ3) is 0.642. The van der Waals surface area contributed by atoms with E-state index >= 15 is 0 Å². The van der Waals surface area contributed by atoms with Crippen molar-refractivity contribution in [2.24, 2.45) is 0 Å². The number of carbonyl (C=O) groups excluding carboxylic acids is 1. The summed E-state index contributed by atoms with van der Waals surface area (Å²) in [6.07, 6.45) is 1.37. The van der Waals surface area contributed by atoms with Gasteiger partial charge in [0.05, 0.1) is 13.1 Å². The maximum Gasteiger partial charge on any atom is 0.301 e. The van der Waals surface area contributed by atoms with E-state index in [2.05, 4.69) is 0 Å². The average molecular weight is 101 g/mol. The maximum absolute atomic E-state index is 10.5. The van der Waals surface area contributed by atoms with Crippen molar-refractivity contribution in [3.8, 4) is 0 Å². The fourth-order valence-electron chi connectivity index (χ4n) is 0.575. The first kappa shape index (κ1) is 4.74. The third-order valence-electron chi connectivity index (χ3n) is 1.27. The van der Waals surface area contributed by atoms with Crippen molar-refractivity contribution < 1.29 is 9.44 Å². The largest absolute Gasteiger partial charge is 0.625 e. The van der Waals surface area contributed by atoms with Gasteiger partial charge in [0, 0.05) is 6.42 Å². The molecule has 1 aliphatic rings. The first-order chi connectivity index (χ1) is 3.27. The van der Waals surface area contributed by atoms with Gasteiger partial charge in [-0.05, 0) is 0 Å². The highest BCUT2D eigenvalue weighted by molar-refractivity contribution is 5.38. The van der Waals surface area contributed by atoms with Crippen molar-refractivity contribution in [2.75, 3.05) is 13.1 Å². The van der Waals surface area contributed by atoms with Gasteiger partial charge in [0.25, 0.3) is 0 Å². The molecule has 0 bridgehead atoms. The summed E-state index contributed by atoms with van der Waals surface area (Å²) < 4.78 is -0.611. The minimum Gasteiger partial charge on any atom is -0.625 e. The monoisotopic (exact) mass is 101 g/mol. The SMILES string of the molecule is O=C[N+]1([O-])CCC1. The molecule has 0 aromatic rings. The quantitative estimate of drug-likeness (QED) is 0.262. The number of carbonyl (C=O) groups is 1. The number of quaternary nitrogens is 1. The van der Waals surface area contributed by atoms with Crippen LogP contribution in [0, 0.1) is 5.21 Å². The molecule has 0 spiro atoms. The lowest BCUT2D eigenvalue weighted by atomic mass is 10.2. The summed E-state index contributed by atoms with van der Waals surface area (Å²) in [4.78, 5) is 9.77. The summed E-state index contributed by atoms with van der Waals surface area (Å²) in [5.41, 5.74) is 0. The van der Waals surface area contributed by atoms with Gasteiger partial charge in [-0.1, -0.05) is 0 Å². The highest BCUT2D eigenvalue weighted by Crippen LogP contribution is 2.12. The van der Waals surface area contributed by atoms with Crippen LogP contribution in [0.25, 0.3) is 0 Å². The Morgan fingerprint density at radius 2 is 2.14 bits per heavy atom. The van der Waals surface area contributed by atoms with Gasteiger partial charge in [-0.2, -0.15) is 0 Å². The van der Waals surface area contributed by atoms with Gasteiger partial charge >= 0.3 is 6.41 Å². The van der Waals surface area contributed by atoms with Gasteiger partial charge in [-0.3, -0.25) is 0 Å². The van der Waals surface area contributed by atoms with Crippen LogP contribution in [0.2, 0.25) is 0 Å². The lowest BCUT2D eigenvalue weighted by Gasteiger charge is -2.42. The molecule has 0 aromatic carbocycles. The Bertz CT molecular complexity index is 87.7. The first-order valence-electron chi connectivity index (χ1n) is 2.31. The van der Waals surface area contributed by atoms with E-state index in [1.165, 1.54) is 0 Å². The molecule has 1 aliphatic heterocycles. The molecule has 1 fully saturated rings. The zero-order valence-corrected chi connectivity index (χ0v) is 3.96. The van der Waals surface area contributed by atoms with Crippen molar-refractivity contribution >= 4 is 6.41 Å². The van der Waals surface area contributed by atoms with E-state index in [9.17, 15) is 10.0 Å². The van der Waals surface area contributed by atoms with Gasteiger partial charge in [0.2, 0.25) is 0 Å². The molecule has 0 N–H and O–H groups in total. The number of likely N-dealkylation sites (tertiary alicyclic amines) is 1. The minimum absolute atomic E-state index is 0.462. The van der Waals surface area contributed by atoms with Crippen LogP contribution in [-0.4, -0.2) is 24.1 Å². The Hall–Kier alpha value is -0.410. The second-order valence-electron chi connectivity index (χ2n) is 1.86. The molecular formula is C4H7NO2. The average Bonchev–Trinajstić information content (AvgIpc) is 1.61.